The molecule has 1 nitrogen and oxygen atoms in total. The van der Waals surface area contributed by atoms with Crippen molar-refractivity contribution >= 4 is 0 Å². The molecule has 2 unspecified atom stereocenters. The van der Waals surface area contributed by atoms with Crippen LogP contribution in [0.15, 0.2) is 12.2 Å². The second-order valence-electron chi connectivity index (χ2n) is 3.67. The van der Waals surface area contributed by atoms with Crippen LogP contribution in [-0.2, 0) is 0 Å². The van der Waals surface area contributed by atoms with Crippen molar-refractivity contribution < 1.29 is 0 Å². The standard InChI is InChI=1S/C8H15N/c1-5(2)6-7(9)8(6,3)4/h6-7H,1,9H2,2-4H3. The fraction of sp³-hybridized carbons (Fsp3) is 0.750. The first-order valence-corrected chi connectivity index (χ1v) is 3.39. The zero-order valence-corrected chi connectivity index (χ0v) is 6.44. The molecule has 1 aliphatic carbocycles. The molecule has 0 spiro atoms. The molecule has 9 heavy (non-hydrogen) atoms. The zero-order valence-electron chi connectivity index (χ0n) is 6.44. The van der Waals surface area contributed by atoms with Crippen LogP contribution in [-0.4, -0.2) is 6.04 Å². The van der Waals surface area contributed by atoms with Gasteiger partial charge in [-0.25, -0.2) is 0 Å². The van der Waals surface area contributed by atoms with Gasteiger partial charge >= 0.3 is 0 Å². The van der Waals surface area contributed by atoms with Crippen LogP contribution in [0.1, 0.15) is 20.8 Å². The Kier molecular flexibility index (Phi) is 1.21. The van der Waals surface area contributed by atoms with Gasteiger partial charge in [-0.2, -0.15) is 0 Å². The number of nitrogens with two attached hydrogens (primary N) is 1. The summed E-state index contributed by atoms with van der Waals surface area (Å²) in [6, 6.07) is 0.356. The van der Waals surface area contributed by atoms with E-state index in [0.29, 0.717) is 17.4 Å². The lowest BCUT2D eigenvalue weighted by Gasteiger charge is -1.98. The molecule has 0 heterocycles. The van der Waals surface area contributed by atoms with E-state index in [2.05, 4.69) is 27.4 Å². The first-order valence-electron chi connectivity index (χ1n) is 3.39. The fourth-order valence-corrected chi connectivity index (χ4v) is 1.62. The van der Waals surface area contributed by atoms with Gasteiger partial charge in [0.25, 0.3) is 0 Å². The monoisotopic (exact) mass is 125 g/mol. The summed E-state index contributed by atoms with van der Waals surface area (Å²) in [5.41, 5.74) is 7.34. The summed E-state index contributed by atoms with van der Waals surface area (Å²) in [6.45, 7) is 10.3. The molecule has 1 aliphatic rings. The number of hydrogen-bond acceptors (Lipinski definition) is 1. The van der Waals surface area contributed by atoms with Crippen LogP contribution in [0.25, 0.3) is 0 Å². The summed E-state index contributed by atoms with van der Waals surface area (Å²) >= 11 is 0. The molecular formula is C8H15N. The Balaban J connectivity index is 2.62. The van der Waals surface area contributed by atoms with E-state index in [9.17, 15) is 0 Å². The van der Waals surface area contributed by atoms with Crippen LogP contribution in [0.4, 0.5) is 0 Å². The third-order valence-corrected chi connectivity index (χ3v) is 2.44. The Hall–Kier alpha value is -0.300. The van der Waals surface area contributed by atoms with E-state index >= 15 is 0 Å². The minimum atomic E-state index is 0.325. The van der Waals surface area contributed by atoms with Gasteiger partial charge in [-0.3, -0.25) is 0 Å². The number of hydrogen-bond donors (Lipinski definition) is 1. The minimum Gasteiger partial charge on any atom is -0.327 e. The van der Waals surface area contributed by atoms with E-state index in [0.717, 1.165) is 0 Å². The van der Waals surface area contributed by atoms with Gasteiger partial charge in [-0.05, 0) is 12.3 Å². The van der Waals surface area contributed by atoms with Crippen LogP contribution >= 0.6 is 0 Å². The molecule has 0 aliphatic heterocycles. The molecule has 1 fully saturated rings. The van der Waals surface area contributed by atoms with Crippen molar-refractivity contribution in [2.45, 2.75) is 26.8 Å². The lowest BCUT2D eigenvalue weighted by atomic mass is 10.1. The van der Waals surface area contributed by atoms with E-state index < -0.39 is 0 Å². The van der Waals surface area contributed by atoms with Crippen molar-refractivity contribution in [3.05, 3.63) is 12.2 Å². The van der Waals surface area contributed by atoms with Crippen molar-refractivity contribution in [1.82, 2.24) is 0 Å². The van der Waals surface area contributed by atoms with Crippen LogP contribution in [0.5, 0.6) is 0 Å². The zero-order chi connectivity index (χ0) is 7.23. The smallest absolute Gasteiger partial charge is 0.0168 e. The molecular weight excluding hydrogens is 110 g/mol. The molecule has 2 atom stereocenters. The van der Waals surface area contributed by atoms with Crippen molar-refractivity contribution in [2.24, 2.45) is 17.1 Å². The highest BCUT2D eigenvalue weighted by Crippen LogP contribution is 2.53. The Bertz CT molecular complexity index is 147. The normalized spacial score (nSPS) is 38.2. The highest BCUT2D eigenvalue weighted by molar-refractivity contribution is 5.22. The van der Waals surface area contributed by atoms with E-state index in [1.165, 1.54) is 5.57 Å². The SMILES string of the molecule is C=C(C)C1C(N)C1(C)C. The molecule has 1 rings (SSSR count). The molecule has 2 N–H and O–H groups in total. The first-order chi connectivity index (χ1) is 3.98. The van der Waals surface area contributed by atoms with Crippen LogP contribution in [0.2, 0.25) is 0 Å². The number of rotatable bonds is 1. The van der Waals surface area contributed by atoms with Gasteiger partial charge in [0.1, 0.15) is 0 Å². The summed E-state index contributed by atoms with van der Waals surface area (Å²) in [4.78, 5) is 0. The lowest BCUT2D eigenvalue weighted by Crippen LogP contribution is -2.06. The van der Waals surface area contributed by atoms with Gasteiger partial charge in [-0.1, -0.05) is 26.0 Å². The van der Waals surface area contributed by atoms with Gasteiger partial charge in [0.05, 0.1) is 0 Å². The van der Waals surface area contributed by atoms with E-state index in [-0.39, 0.29) is 0 Å². The third kappa shape index (κ3) is 0.799. The molecule has 0 aromatic rings. The molecule has 1 heteroatoms. The Morgan fingerprint density at radius 2 is 1.89 bits per heavy atom. The van der Waals surface area contributed by atoms with Gasteiger partial charge in [-0.15, -0.1) is 0 Å². The fourth-order valence-electron chi connectivity index (χ4n) is 1.62. The molecule has 1 saturated carbocycles. The van der Waals surface area contributed by atoms with E-state index in [4.69, 9.17) is 5.73 Å². The van der Waals surface area contributed by atoms with Crippen molar-refractivity contribution in [1.29, 1.82) is 0 Å². The summed E-state index contributed by atoms with van der Waals surface area (Å²) in [5, 5.41) is 0. The van der Waals surface area contributed by atoms with E-state index in [1.54, 1.807) is 0 Å². The van der Waals surface area contributed by atoms with Gasteiger partial charge in [0.15, 0.2) is 0 Å². The predicted molar refractivity (Wildman–Crippen MR) is 40.1 cm³/mol. The summed E-state index contributed by atoms with van der Waals surface area (Å²) in [7, 11) is 0. The maximum Gasteiger partial charge on any atom is 0.0168 e. The van der Waals surface area contributed by atoms with Crippen LogP contribution in [0.3, 0.4) is 0 Å². The molecule has 0 bridgehead atoms. The quantitative estimate of drug-likeness (QED) is 0.529. The third-order valence-electron chi connectivity index (χ3n) is 2.44. The predicted octanol–water partition coefficient (Wildman–Crippen LogP) is 1.55. The van der Waals surface area contributed by atoms with Crippen LogP contribution < -0.4 is 5.73 Å². The van der Waals surface area contributed by atoms with Crippen molar-refractivity contribution in [3.8, 4) is 0 Å². The first kappa shape index (κ1) is 6.81. The van der Waals surface area contributed by atoms with Crippen molar-refractivity contribution in [2.75, 3.05) is 0 Å². The maximum absolute atomic E-state index is 5.78. The van der Waals surface area contributed by atoms with Gasteiger partial charge < -0.3 is 5.73 Å². The van der Waals surface area contributed by atoms with Gasteiger partial charge in [0, 0.05) is 12.0 Å². The summed E-state index contributed by atoms with van der Waals surface area (Å²) in [6.07, 6.45) is 0. The lowest BCUT2D eigenvalue weighted by molar-refractivity contribution is 0.583. The Morgan fingerprint density at radius 1 is 1.56 bits per heavy atom. The van der Waals surface area contributed by atoms with Gasteiger partial charge in [0.2, 0.25) is 0 Å². The Labute approximate surface area is 56.9 Å². The topological polar surface area (TPSA) is 26.0 Å². The molecule has 0 aromatic carbocycles. The second-order valence-corrected chi connectivity index (χ2v) is 3.67. The van der Waals surface area contributed by atoms with Crippen molar-refractivity contribution in [3.63, 3.8) is 0 Å². The second kappa shape index (κ2) is 1.60. The molecule has 0 amide bonds. The summed E-state index contributed by atoms with van der Waals surface area (Å²) < 4.78 is 0. The van der Waals surface area contributed by atoms with E-state index in [1.807, 2.05) is 0 Å². The maximum atomic E-state index is 5.78. The molecule has 0 radical (unpaired) electrons. The highest BCUT2D eigenvalue weighted by atomic mass is 14.8. The minimum absolute atomic E-state index is 0.325. The highest BCUT2D eigenvalue weighted by Gasteiger charge is 2.55. The average molecular weight is 125 g/mol. The average Bonchev–Trinajstić information content (AvgIpc) is 2.07. The molecule has 0 aromatic heterocycles. The van der Waals surface area contributed by atoms with Crippen LogP contribution in [0, 0.1) is 11.3 Å². The Morgan fingerprint density at radius 3 is 1.89 bits per heavy atom. The summed E-state index contributed by atoms with van der Waals surface area (Å²) in [5.74, 6) is 0.567. The molecule has 52 valence electrons. The largest absolute Gasteiger partial charge is 0.327 e. The molecule has 0 saturated heterocycles.